The topological polar surface area (TPSA) is 191 Å². The van der Waals surface area contributed by atoms with Crippen molar-refractivity contribution in [3.63, 3.8) is 0 Å². The van der Waals surface area contributed by atoms with E-state index in [1.165, 1.54) is 56.0 Å². The predicted octanol–water partition coefficient (Wildman–Crippen LogP) is 0.718. The van der Waals surface area contributed by atoms with Gasteiger partial charge < -0.3 is 36.0 Å². The van der Waals surface area contributed by atoms with Crippen molar-refractivity contribution in [1.82, 2.24) is 20.2 Å². The summed E-state index contributed by atoms with van der Waals surface area (Å²) in [6.07, 6.45) is 11.3. The molecule has 2 aliphatic carbocycles. The highest BCUT2D eigenvalue weighted by atomic mass is 16.5. The second kappa shape index (κ2) is 15.2. The molecular weight excluding hydrogens is 542 g/mol. The molecule has 2 saturated carbocycles. The number of methoxy groups -OCH3 is 1. The predicted molar refractivity (Wildman–Crippen MR) is 157 cm³/mol. The average Bonchev–Trinajstić information content (AvgIpc) is 2.94. The Morgan fingerprint density at radius 3 is 2.69 bits per heavy atom. The minimum Gasteiger partial charge on any atom is -0.466 e. The quantitative estimate of drug-likeness (QED) is 0.102. The zero-order chi connectivity index (χ0) is 30.8. The molecule has 2 fully saturated rings. The van der Waals surface area contributed by atoms with Crippen LogP contribution in [0, 0.1) is 17.8 Å². The van der Waals surface area contributed by atoms with Crippen molar-refractivity contribution >= 4 is 29.4 Å². The Morgan fingerprint density at radius 2 is 2.00 bits per heavy atom. The van der Waals surface area contributed by atoms with Gasteiger partial charge in [0.2, 0.25) is 11.8 Å². The summed E-state index contributed by atoms with van der Waals surface area (Å²) in [7, 11) is 2.65. The van der Waals surface area contributed by atoms with Crippen LogP contribution in [0.4, 0.5) is 5.69 Å². The van der Waals surface area contributed by atoms with Gasteiger partial charge in [-0.25, -0.2) is 10.6 Å². The van der Waals surface area contributed by atoms with E-state index >= 15 is 0 Å². The Kier molecular flexibility index (Phi) is 11.7. The van der Waals surface area contributed by atoms with Crippen molar-refractivity contribution in [2.75, 3.05) is 19.5 Å². The van der Waals surface area contributed by atoms with Gasteiger partial charge in [-0.15, -0.1) is 0 Å². The molecule has 42 heavy (non-hydrogen) atoms. The second-order valence-corrected chi connectivity index (χ2v) is 11.1. The lowest BCUT2D eigenvalue weighted by atomic mass is 9.65. The summed E-state index contributed by atoms with van der Waals surface area (Å²) in [5.74, 6) is 5.03. The highest BCUT2D eigenvalue weighted by Crippen LogP contribution is 2.42. The van der Waals surface area contributed by atoms with Gasteiger partial charge >= 0.3 is 5.97 Å². The van der Waals surface area contributed by atoms with E-state index < -0.39 is 29.4 Å². The molecule has 0 aromatic carbocycles. The molecule has 0 radical (unpaired) electrons. The van der Waals surface area contributed by atoms with E-state index in [1.54, 1.807) is 6.07 Å². The van der Waals surface area contributed by atoms with Crippen molar-refractivity contribution in [3.8, 4) is 0 Å². The van der Waals surface area contributed by atoms with Crippen molar-refractivity contribution < 1.29 is 23.9 Å². The van der Waals surface area contributed by atoms with E-state index in [4.69, 9.17) is 11.6 Å². The fourth-order valence-corrected chi connectivity index (χ4v) is 6.00. The number of hydrogen-bond acceptors (Lipinski definition) is 9. The Bertz CT molecular complexity index is 1260. The number of likely N-dealkylation sites (N-methyl/N-ethyl adjacent to an activating group) is 1. The summed E-state index contributed by atoms with van der Waals surface area (Å²) in [4.78, 5) is 63.5. The molecule has 1 aromatic heterocycles. The molecule has 13 nitrogen and oxygen atoms in total. The van der Waals surface area contributed by atoms with Crippen LogP contribution in [-0.2, 0) is 30.5 Å². The fourth-order valence-electron chi connectivity index (χ4n) is 6.00. The van der Waals surface area contributed by atoms with Crippen LogP contribution in [0.1, 0.15) is 51.9 Å². The van der Waals surface area contributed by atoms with Gasteiger partial charge in [0.1, 0.15) is 24.0 Å². The first-order chi connectivity index (χ1) is 20.0. The zero-order valence-electron chi connectivity index (χ0n) is 24.5. The number of pyridine rings is 1. The minimum absolute atomic E-state index is 0.0497. The van der Waals surface area contributed by atoms with Gasteiger partial charge in [0.15, 0.2) is 0 Å². The fraction of sp³-hybridized carbons (Fsp3) is 0.552. The molecule has 13 heteroatoms. The summed E-state index contributed by atoms with van der Waals surface area (Å²) in [5, 5.41) is 9.29. The van der Waals surface area contributed by atoms with Gasteiger partial charge in [-0.3, -0.25) is 19.2 Å². The average molecular weight is 586 g/mol. The van der Waals surface area contributed by atoms with E-state index in [9.17, 15) is 24.0 Å². The molecule has 5 unspecified atom stereocenters. The SMILES string of the molecule is COC(=O)/C=C/CCC(NC(=O)/C(=C/N)N(C)N)C(=O)Nc1cccn(CC(=O)NC2C(C)CC3CCCC2C3)c1=O. The second-order valence-electron chi connectivity index (χ2n) is 11.1. The Labute approximate surface area is 245 Å². The van der Waals surface area contributed by atoms with Gasteiger partial charge in [0, 0.05) is 31.6 Å². The number of nitrogens with one attached hydrogen (secondary N) is 3. The van der Waals surface area contributed by atoms with Gasteiger partial charge in [-0.1, -0.05) is 25.8 Å². The van der Waals surface area contributed by atoms with Crippen LogP contribution in [0.5, 0.6) is 0 Å². The number of ether oxygens (including phenoxy) is 1. The van der Waals surface area contributed by atoms with Crippen molar-refractivity contribution in [2.45, 2.75) is 70.5 Å². The summed E-state index contributed by atoms with van der Waals surface area (Å²) in [5.41, 5.74) is 4.81. The van der Waals surface area contributed by atoms with E-state index in [0.29, 0.717) is 11.8 Å². The van der Waals surface area contributed by atoms with Crippen LogP contribution in [0.3, 0.4) is 0 Å². The number of anilines is 1. The van der Waals surface area contributed by atoms with E-state index in [-0.39, 0.29) is 42.7 Å². The molecule has 1 heterocycles. The Balaban J connectivity index is 1.70. The van der Waals surface area contributed by atoms with Crippen LogP contribution < -0.4 is 33.1 Å². The summed E-state index contributed by atoms with van der Waals surface area (Å²) >= 11 is 0. The number of amides is 3. The monoisotopic (exact) mass is 585 g/mol. The standard InChI is InChI=1S/C29H43N7O6/c1-18-14-19-8-6-9-20(15-19)26(18)34-24(37)17-36-13-7-11-22(29(36)41)33-27(39)21(10-4-5-12-25(38)42-3)32-28(40)23(16-30)35(2)31/h5,7,11-13,16,18-21,26H,4,6,8-10,14-15,17,30-31H2,1-3H3,(H,32,40)(H,33,39)(H,34,37)/b12-5+,23-16-. The Morgan fingerprint density at radius 1 is 1.24 bits per heavy atom. The first-order valence-corrected chi connectivity index (χ1v) is 14.3. The number of hydrazine groups is 1. The van der Waals surface area contributed by atoms with Gasteiger partial charge in [-0.05, 0) is 62.0 Å². The third-order valence-electron chi connectivity index (χ3n) is 8.04. The third-order valence-corrected chi connectivity index (χ3v) is 8.04. The molecule has 2 aliphatic rings. The first kappa shape index (κ1) is 32.4. The molecule has 5 atom stereocenters. The number of carbonyl (C=O) groups excluding carboxylic acids is 4. The first-order valence-electron chi connectivity index (χ1n) is 14.3. The van der Waals surface area contributed by atoms with Crippen LogP contribution in [0.25, 0.3) is 0 Å². The molecule has 3 rings (SSSR count). The van der Waals surface area contributed by atoms with Crippen molar-refractivity contribution in [2.24, 2.45) is 29.3 Å². The van der Waals surface area contributed by atoms with Crippen LogP contribution in [0.2, 0.25) is 0 Å². The maximum atomic E-state index is 13.2. The highest BCUT2D eigenvalue weighted by molar-refractivity contribution is 6.00. The molecule has 0 saturated heterocycles. The Hall–Kier alpha value is -4.13. The lowest BCUT2D eigenvalue weighted by Gasteiger charge is -2.44. The number of aromatic nitrogens is 1. The van der Waals surface area contributed by atoms with Gasteiger partial charge in [-0.2, -0.15) is 0 Å². The number of nitrogens with two attached hydrogens (primary N) is 2. The van der Waals surface area contributed by atoms with Crippen molar-refractivity contribution in [1.29, 1.82) is 0 Å². The zero-order valence-corrected chi connectivity index (χ0v) is 24.5. The smallest absolute Gasteiger partial charge is 0.330 e. The molecule has 230 valence electrons. The third kappa shape index (κ3) is 8.68. The number of allylic oxidation sites excluding steroid dienone is 1. The minimum atomic E-state index is -1.11. The molecule has 3 amide bonds. The summed E-state index contributed by atoms with van der Waals surface area (Å²) in [6, 6.07) is 1.96. The summed E-state index contributed by atoms with van der Waals surface area (Å²) in [6.45, 7) is 1.99. The summed E-state index contributed by atoms with van der Waals surface area (Å²) < 4.78 is 5.80. The highest BCUT2D eigenvalue weighted by Gasteiger charge is 2.38. The maximum absolute atomic E-state index is 13.2. The van der Waals surface area contributed by atoms with Crippen molar-refractivity contribution in [3.05, 3.63) is 52.7 Å². The number of esters is 1. The molecule has 0 spiro atoms. The van der Waals surface area contributed by atoms with E-state index in [2.05, 4.69) is 27.6 Å². The lowest BCUT2D eigenvalue weighted by Crippen LogP contribution is -2.50. The van der Waals surface area contributed by atoms with Gasteiger partial charge in [0.25, 0.3) is 11.5 Å². The van der Waals surface area contributed by atoms with Crippen LogP contribution in [-0.4, -0.2) is 59.5 Å². The number of hydrogen-bond donors (Lipinski definition) is 5. The molecule has 7 N–H and O–H groups in total. The molecule has 1 aromatic rings. The largest absolute Gasteiger partial charge is 0.466 e. The normalized spacial score (nSPS) is 22.6. The van der Waals surface area contributed by atoms with E-state index in [1.807, 2.05) is 0 Å². The van der Waals surface area contributed by atoms with Crippen LogP contribution in [0.15, 0.2) is 47.2 Å². The maximum Gasteiger partial charge on any atom is 0.330 e. The number of carbonyl (C=O) groups is 4. The molecule has 0 aliphatic heterocycles. The van der Waals surface area contributed by atoms with Crippen LogP contribution >= 0.6 is 0 Å². The number of nitrogens with zero attached hydrogens (tertiary/aromatic N) is 2. The number of rotatable bonds is 12. The molecule has 2 bridgehead atoms. The molecular formula is C29H43N7O6. The lowest BCUT2D eigenvalue weighted by molar-refractivity contribution is -0.134. The van der Waals surface area contributed by atoms with Gasteiger partial charge in [0.05, 0.1) is 7.11 Å². The number of fused-ring (bicyclic) bond motifs is 2. The van der Waals surface area contributed by atoms with E-state index in [0.717, 1.165) is 36.4 Å².